The van der Waals surface area contributed by atoms with Crippen LogP contribution < -0.4 is 10.1 Å². The normalized spacial score (nSPS) is 20.0. The molecule has 3 rings (SSSR count). The highest BCUT2D eigenvalue weighted by atomic mass is 32.1. The zero-order chi connectivity index (χ0) is 16.6. The zero-order valence-corrected chi connectivity index (χ0v) is 14.5. The van der Waals surface area contributed by atoms with Crippen molar-refractivity contribution >= 4 is 28.3 Å². The number of esters is 1. The molecule has 1 aromatic rings. The minimum Gasteiger partial charge on any atom is -0.487 e. The van der Waals surface area contributed by atoms with Crippen molar-refractivity contribution in [1.29, 1.82) is 0 Å². The van der Waals surface area contributed by atoms with Crippen LogP contribution in [0.2, 0.25) is 0 Å². The monoisotopic (exact) mass is 338 g/mol. The van der Waals surface area contributed by atoms with Crippen molar-refractivity contribution in [2.75, 3.05) is 25.6 Å². The van der Waals surface area contributed by atoms with Gasteiger partial charge in [0.1, 0.15) is 10.6 Å². The van der Waals surface area contributed by atoms with Gasteiger partial charge in [-0.15, -0.1) is 0 Å². The van der Waals surface area contributed by atoms with Gasteiger partial charge in [0.2, 0.25) is 0 Å². The number of urea groups is 1. The molecule has 6 nitrogen and oxygen atoms in total. The van der Waals surface area contributed by atoms with Crippen molar-refractivity contribution in [3.8, 4) is 5.06 Å². The van der Waals surface area contributed by atoms with Crippen molar-refractivity contribution in [1.82, 2.24) is 4.90 Å². The Kier molecular flexibility index (Phi) is 4.48. The Hall–Kier alpha value is -1.76. The molecular formula is C16H22N2O4S. The SMILES string of the molecule is CCOC(=O)c1c(NC(=O)N2CCC2C2CC2)sc(OC)c1C. The lowest BCUT2D eigenvalue weighted by Gasteiger charge is -2.41. The lowest BCUT2D eigenvalue weighted by molar-refractivity contribution is 0.0527. The summed E-state index contributed by atoms with van der Waals surface area (Å²) in [5.74, 6) is 0.237. The number of nitrogens with zero attached hydrogens (tertiary/aromatic N) is 1. The Balaban J connectivity index is 1.78. The summed E-state index contributed by atoms with van der Waals surface area (Å²) in [7, 11) is 1.55. The van der Waals surface area contributed by atoms with Crippen LogP contribution in [-0.4, -0.2) is 43.2 Å². The van der Waals surface area contributed by atoms with Gasteiger partial charge < -0.3 is 14.4 Å². The molecule has 1 aliphatic carbocycles. The third-order valence-corrected chi connectivity index (χ3v) is 5.65. The van der Waals surface area contributed by atoms with Gasteiger partial charge >= 0.3 is 12.0 Å². The molecule has 2 aliphatic rings. The van der Waals surface area contributed by atoms with Crippen LogP contribution in [0.5, 0.6) is 5.06 Å². The molecule has 1 saturated carbocycles. The van der Waals surface area contributed by atoms with Gasteiger partial charge in [-0.2, -0.15) is 0 Å². The molecule has 1 atom stereocenters. The fourth-order valence-electron chi connectivity index (χ4n) is 3.02. The predicted molar refractivity (Wildman–Crippen MR) is 88.4 cm³/mol. The quantitative estimate of drug-likeness (QED) is 0.837. The topological polar surface area (TPSA) is 67.9 Å². The number of rotatable bonds is 5. The Morgan fingerprint density at radius 1 is 1.35 bits per heavy atom. The summed E-state index contributed by atoms with van der Waals surface area (Å²) in [6.07, 6.45) is 3.51. The van der Waals surface area contributed by atoms with Crippen molar-refractivity contribution in [3.63, 3.8) is 0 Å². The maximum absolute atomic E-state index is 12.5. The number of anilines is 1. The highest BCUT2D eigenvalue weighted by molar-refractivity contribution is 7.18. The molecule has 1 saturated heterocycles. The number of methoxy groups -OCH3 is 1. The number of likely N-dealkylation sites (tertiary alicyclic amines) is 1. The summed E-state index contributed by atoms with van der Waals surface area (Å²) in [5.41, 5.74) is 1.10. The van der Waals surface area contributed by atoms with E-state index in [1.54, 1.807) is 21.0 Å². The van der Waals surface area contributed by atoms with Gasteiger partial charge in [0.05, 0.1) is 13.7 Å². The molecule has 7 heteroatoms. The molecule has 1 aliphatic heterocycles. The number of amides is 2. The maximum atomic E-state index is 12.5. The highest BCUT2D eigenvalue weighted by Gasteiger charge is 2.43. The molecule has 126 valence electrons. The van der Waals surface area contributed by atoms with Crippen LogP contribution in [0.15, 0.2) is 0 Å². The van der Waals surface area contributed by atoms with Gasteiger partial charge in [-0.1, -0.05) is 11.3 Å². The molecule has 1 aromatic heterocycles. The molecule has 1 unspecified atom stereocenters. The first-order valence-electron chi connectivity index (χ1n) is 7.98. The number of hydrogen-bond donors (Lipinski definition) is 1. The van der Waals surface area contributed by atoms with Crippen LogP contribution >= 0.6 is 11.3 Å². The fraction of sp³-hybridized carbons (Fsp3) is 0.625. The first-order valence-corrected chi connectivity index (χ1v) is 8.80. The average Bonchev–Trinajstić information content (AvgIpc) is 3.22. The van der Waals surface area contributed by atoms with Gasteiger partial charge in [0, 0.05) is 18.2 Å². The zero-order valence-electron chi connectivity index (χ0n) is 13.7. The molecule has 2 fully saturated rings. The molecule has 1 N–H and O–H groups in total. The second-order valence-corrected chi connectivity index (χ2v) is 6.94. The summed E-state index contributed by atoms with van der Waals surface area (Å²) < 4.78 is 10.4. The van der Waals surface area contributed by atoms with E-state index in [0.717, 1.165) is 13.0 Å². The standard InChI is InChI=1S/C16H22N2O4S/c1-4-22-14(19)12-9(2)15(21-3)23-13(12)17-16(20)18-8-7-11(18)10-5-6-10/h10-11H,4-8H2,1-3H3,(H,17,20). The number of carbonyl (C=O) groups excluding carboxylic acids is 2. The van der Waals surface area contributed by atoms with Gasteiger partial charge in [0.25, 0.3) is 0 Å². The molecule has 0 radical (unpaired) electrons. The molecule has 0 spiro atoms. The Morgan fingerprint density at radius 3 is 2.61 bits per heavy atom. The van der Waals surface area contributed by atoms with Crippen molar-refractivity contribution in [2.24, 2.45) is 5.92 Å². The molecule has 2 amide bonds. The van der Waals surface area contributed by atoms with Crippen molar-refractivity contribution < 1.29 is 19.1 Å². The summed E-state index contributed by atoms with van der Waals surface area (Å²) in [6.45, 7) is 4.63. The third kappa shape index (κ3) is 3.02. The molecule has 2 heterocycles. The van der Waals surface area contributed by atoms with Gasteiger partial charge in [-0.05, 0) is 39.0 Å². The van der Waals surface area contributed by atoms with E-state index in [1.165, 1.54) is 24.2 Å². The number of thiophene rings is 1. The summed E-state index contributed by atoms with van der Waals surface area (Å²) in [4.78, 5) is 26.6. The first kappa shape index (κ1) is 16.1. The number of carbonyl (C=O) groups is 2. The van der Waals surface area contributed by atoms with E-state index in [0.29, 0.717) is 39.8 Å². The number of hydrogen-bond acceptors (Lipinski definition) is 5. The largest absolute Gasteiger partial charge is 0.487 e. The third-order valence-electron chi connectivity index (χ3n) is 4.48. The lowest BCUT2D eigenvalue weighted by Crippen LogP contribution is -2.53. The summed E-state index contributed by atoms with van der Waals surface area (Å²) >= 11 is 1.26. The van der Waals surface area contributed by atoms with E-state index in [1.807, 2.05) is 4.90 Å². The van der Waals surface area contributed by atoms with Crippen LogP contribution in [0, 0.1) is 12.8 Å². The van der Waals surface area contributed by atoms with Crippen LogP contribution in [0.1, 0.15) is 42.1 Å². The van der Waals surface area contributed by atoms with E-state index in [2.05, 4.69) is 5.32 Å². The van der Waals surface area contributed by atoms with E-state index < -0.39 is 5.97 Å². The van der Waals surface area contributed by atoms with Gasteiger partial charge in [-0.25, -0.2) is 9.59 Å². The Bertz CT molecular complexity index is 624. The van der Waals surface area contributed by atoms with Gasteiger partial charge in [-0.3, -0.25) is 5.32 Å². The smallest absolute Gasteiger partial charge is 0.341 e. The number of ether oxygens (including phenoxy) is 2. The molecular weight excluding hydrogens is 316 g/mol. The molecule has 0 bridgehead atoms. The fourth-order valence-corrected chi connectivity index (χ4v) is 4.02. The minimum atomic E-state index is -0.429. The highest BCUT2D eigenvalue weighted by Crippen LogP contribution is 2.42. The number of nitrogens with one attached hydrogen (secondary N) is 1. The Labute approximate surface area is 139 Å². The van der Waals surface area contributed by atoms with Crippen LogP contribution in [0.25, 0.3) is 0 Å². The molecule has 0 aromatic carbocycles. The maximum Gasteiger partial charge on any atom is 0.341 e. The summed E-state index contributed by atoms with van der Waals surface area (Å²) in [5, 5.41) is 4.00. The second-order valence-electron chi connectivity index (χ2n) is 5.96. The van der Waals surface area contributed by atoms with E-state index in [9.17, 15) is 9.59 Å². The van der Waals surface area contributed by atoms with Crippen LogP contribution in [0.4, 0.5) is 9.80 Å². The van der Waals surface area contributed by atoms with Crippen LogP contribution in [-0.2, 0) is 4.74 Å². The van der Waals surface area contributed by atoms with Crippen molar-refractivity contribution in [2.45, 2.75) is 39.2 Å². The van der Waals surface area contributed by atoms with E-state index >= 15 is 0 Å². The Morgan fingerprint density at radius 2 is 2.09 bits per heavy atom. The molecule has 23 heavy (non-hydrogen) atoms. The average molecular weight is 338 g/mol. The summed E-state index contributed by atoms with van der Waals surface area (Å²) in [6, 6.07) is 0.228. The predicted octanol–water partition coefficient (Wildman–Crippen LogP) is 3.26. The first-order chi connectivity index (χ1) is 11.1. The lowest BCUT2D eigenvalue weighted by atomic mass is 9.99. The van der Waals surface area contributed by atoms with Crippen molar-refractivity contribution in [3.05, 3.63) is 11.1 Å². The van der Waals surface area contributed by atoms with Crippen LogP contribution in [0.3, 0.4) is 0 Å². The van der Waals surface area contributed by atoms with E-state index in [4.69, 9.17) is 9.47 Å². The van der Waals surface area contributed by atoms with Gasteiger partial charge in [0.15, 0.2) is 5.06 Å². The van der Waals surface area contributed by atoms with E-state index in [-0.39, 0.29) is 6.03 Å². The second kappa shape index (κ2) is 6.39. The minimum absolute atomic E-state index is 0.136.